The van der Waals surface area contributed by atoms with Gasteiger partial charge in [0.25, 0.3) is 15.7 Å². The zero-order chi connectivity index (χ0) is 25.8. The molecule has 0 aliphatic heterocycles. The fourth-order valence-corrected chi connectivity index (χ4v) is 4.75. The van der Waals surface area contributed by atoms with Gasteiger partial charge < -0.3 is 10.1 Å². The number of nitrogens with zero attached hydrogens (tertiary/aromatic N) is 2. The summed E-state index contributed by atoms with van der Waals surface area (Å²) in [5, 5.41) is 13.9. The average Bonchev–Trinajstić information content (AvgIpc) is 2.83. The number of carbonyl (C=O) groups excluding carboxylic acids is 2. The molecule has 0 atom stereocenters. The first-order valence-corrected chi connectivity index (χ1v) is 11.8. The Morgan fingerprint density at radius 1 is 1.03 bits per heavy atom. The number of hydrogen-bond donors (Lipinski definition) is 1. The van der Waals surface area contributed by atoms with Gasteiger partial charge in [0.1, 0.15) is 6.54 Å². The molecule has 3 aromatic carbocycles. The van der Waals surface area contributed by atoms with Crippen LogP contribution in [0.1, 0.15) is 21.5 Å². The molecule has 182 valence electrons. The Balaban J connectivity index is 2.00. The molecule has 0 saturated carbocycles. The molecule has 0 aliphatic carbocycles. The van der Waals surface area contributed by atoms with Crippen molar-refractivity contribution in [1.29, 1.82) is 0 Å². The Kier molecular flexibility index (Phi) is 7.50. The molecule has 0 heterocycles. The van der Waals surface area contributed by atoms with Crippen LogP contribution < -0.4 is 9.62 Å². The van der Waals surface area contributed by atoms with Gasteiger partial charge in [0.05, 0.1) is 28.2 Å². The summed E-state index contributed by atoms with van der Waals surface area (Å²) in [6, 6.07) is 15.7. The van der Waals surface area contributed by atoms with Crippen molar-refractivity contribution in [2.75, 3.05) is 23.3 Å². The highest BCUT2D eigenvalue weighted by molar-refractivity contribution is 7.92. The van der Waals surface area contributed by atoms with Gasteiger partial charge in [-0.1, -0.05) is 29.8 Å². The zero-order valence-electron chi connectivity index (χ0n) is 19.2. The number of nitro groups is 1. The van der Waals surface area contributed by atoms with E-state index in [-0.39, 0.29) is 21.8 Å². The minimum atomic E-state index is -4.26. The third-order valence-corrected chi connectivity index (χ3v) is 7.03. The monoisotopic (exact) mass is 497 g/mol. The third kappa shape index (κ3) is 5.64. The number of aryl methyl sites for hydroxylation is 1. The topological polar surface area (TPSA) is 136 Å². The van der Waals surface area contributed by atoms with E-state index < -0.39 is 33.4 Å². The maximum absolute atomic E-state index is 13.5. The summed E-state index contributed by atoms with van der Waals surface area (Å²) in [4.78, 5) is 35.5. The fraction of sp³-hybridized carbons (Fsp3) is 0.167. The van der Waals surface area contributed by atoms with Crippen LogP contribution in [0, 0.1) is 24.0 Å². The molecule has 11 heteroatoms. The highest BCUT2D eigenvalue weighted by Gasteiger charge is 2.28. The zero-order valence-corrected chi connectivity index (χ0v) is 20.0. The van der Waals surface area contributed by atoms with Crippen LogP contribution in [0.3, 0.4) is 0 Å². The van der Waals surface area contributed by atoms with Gasteiger partial charge >= 0.3 is 5.97 Å². The predicted octanol–water partition coefficient (Wildman–Crippen LogP) is 3.83. The first-order chi connectivity index (χ1) is 16.5. The fourth-order valence-electron chi connectivity index (χ4n) is 3.34. The van der Waals surface area contributed by atoms with Crippen LogP contribution in [0.4, 0.5) is 17.1 Å². The Labute approximate surface area is 202 Å². The van der Waals surface area contributed by atoms with Crippen LogP contribution in [0.2, 0.25) is 0 Å². The molecule has 1 amide bonds. The summed E-state index contributed by atoms with van der Waals surface area (Å²) in [5.41, 5.74) is 1.45. The SMILES string of the molecule is COC(=O)c1cccc(NC(=O)CN(c2cccc([N+](=O)[O-])c2)S(=O)(=O)c2ccc(C)cc2)c1C. The number of rotatable bonds is 8. The third-order valence-electron chi connectivity index (χ3n) is 5.24. The van der Waals surface area contributed by atoms with Crippen LogP contribution in [-0.4, -0.2) is 38.9 Å². The lowest BCUT2D eigenvalue weighted by atomic mass is 10.1. The van der Waals surface area contributed by atoms with Crippen LogP contribution >= 0.6 is 0 Å². The van der Waals surface area contributed by atoms with Crippen molar-refractivity contribution in [3.63, 3.8) is 0 Å². The number of non-ortho nitro benzene ring substituents is 1. The maximum Gasteiger partial charge on any atom is 0.338 e. The van der Waals surface area contributed by atoms with Crippen molar-refractivity contribution in [2.45, 2.75) is 18.7 Å². The van der Waals surface area contributed by atoms with E-state index in [2.05, 4.69) is 5.32 Å². The lowest BCUT2D eigenvalue weighted by Crippen LogP contribution is -2.38. The van der Waals surface area contributed by atoms with Crippen molar-refractivity contribution in [1.82, 2.24) is 0 Å². The number of anilines is 2. The van der Waals surface area contributed by atoms with Crippen molar-refractivity contribution in [3.05, 3.63) is 93.5 Å². The van der Waals surface area contributed by atoms with E-state index in [1.807, 2.05) is 0 Å². The number of ether oxygens (including phenoxy) is 1. The molecule has 0 unspecified atom stereocenters. The number of methoxy groups -OCH3 is 1. The Hall–Kier alpha value is -4.25. The second kappa shape index (κ2) is 10.3. The highest BCUT2D eigenvalue weighted by Crippen LogP contribution is 2.28. The average molecular weight is 498 g/mol. The molecule has 3 aromatic rings. The van der Waals surface area contributed by atoms with Gasteiger partial charge in [-0.05, 0) is 49.7 Å². The predicted molar refractivity (Wildman–Crippen MR) is 130 cm³/mol. The Morgan fingerprint density at radius 2 is 1.69 bits per heavy atom. The maximum atomic E-state index is 13.5. The molecule has 0 aromatic heterocycles. The number of esters is 1. The van der Waals surface area contributed by atoms with Crippen molar-refractivity contribution >= 4 is 39.0 Å². The number of carbonyl (C=O) groups is 2. The largest absolute Gasteiger partial charge is 0.465 e. The van der Waals surface area contributed by atoms with Crippen LogP contribution in [-0.2, 0) is 19.6 Å². The number of hydrogen-bond acceptors (Lipinski definition) is 7. The molecular weight excluding hydrogens is 474 g/mol. The van der Waals surface area contributed by atoms with E-state index in [0.717, 1.165) is 15.9 Å². The number of sulfonamides is 1. The lowest BCUT2D eigenvalue weighted by Gasteiger charge is -2.24. The lowest BCUT2D eigenvalue weighted by molar-refractivity contribution is -0.384. The number of amides is 1. The molecule has 0 spiro atoms. The second-order valence-corrected chi connectivity index (χ2v) is 9.48. The van der Waals surface area contributed by atoms with Gasteiger partial charge in [-0.25, -0.2) is 13.2 Å². The summed E-state index contributed by atoms with van der Waals surface area (Å²) in [6.07, 6.45) is 0. The van der Waals surface area contributed by atoms with E-state index >= 15 is 0 Å². The first-order valence-electron chi connectivity index (χ1n) is 10.4. The van der Waals surface area contributed by atoms with Gasteiger partial charge in [0, 0.05) is 17.8 Å². The van der Waals surface area contributed by atoms with Crippen molar-refractivity contribution in [3.8, 4) is 0 Å². The minimum Gasteiger partial charge on any atom is -0.465 e. The number of nitro benzene ring substituents is 1. The summed E-state index contributed by atoms with van der Waals surface area (Å²) >= 11 is 0. The van der Waals surface area contributed by atoms with Crippen LogP contribution in [0.25, 0.3) is 0 Å². The summed E-state index contributed by atoms with van der Waals surface area (Å²) in [5.74, 6) is -1.30. The van der Waals surface area contributed by atoms with Gasteiger partial charge in [-0.15, -0.1) is 0 Å². The van der Waals surface area contributed by atoms with Crippen LogP contribution in [0.5, 0.6) is 0 Å². The standard InChI is InChI=1S/C24H23N3O7S/c1-16-10-12-20(13-11-16)35(32,33)26(18-6-4-7-19(14-18)27(30)31)15-23(28)25-22-9-5-8-21(17(22)2)24(29)34-3/h4-14H,15H2,1-3H3,(H,25,28). The Morgan fingerprint density at radius 3 is 2.31 bits per heavy atom. The molecule has 10 nitrogen and oxygen atoms in total. The molecule has 0 aliphatic rings. The molecule has 3 rings (SSSR count). The normalized spacial score (nSPS) is 10.9. The second-order valence-electron chi connectivity index (χ2n) is 7.62. The highest BCUT2D eigenvalue weighted by atomic mass is 32.2. The first kappa shape index (κ1) is 25.4. The van der Waals surface area contributed by atoms with E-state index in [4.69, 9.17) is 4.74 Å². The smallest absolute Gasteiger partial charge is 0.338 e. The molecule has 0 saturated heterocycles. The summed E-state index contributed by atoms with van der Waals surface area (Å²) in [7, 11) is -3.02. The van der Waals surface area contributed by atoms with Gasteiger partial charge in [-0.3, -0.25) is 19.2 Å². The molecular formula is C24H23N3O7S. The Bertz CT molecular complexity index is 1390. The van der Waals surface area contributed by atoms with Crippen LogP contribution in [0.15, 0.2) is 71.6 Å². The number of benzene rings is 3. The van der Waals surface area contributed by atoms with E-state index in [1.165, 1.54) is 43.5 Å². The minimum absolute atomic E-state index is 0.0463. The van der Waals surface area contributed by atoms with Crippen molar-refractivity contribution < 1.29 is 27.7 Å². The molecule has 0 radical (unpaired) electrons. The molecule has 0 fully saturated rings. The van der Waals surface area contributed by atoms with Gasteiger partial charge in [0.2, 0.25) is 5.91 Å². The quantitative estimate of drug-likeness (QED) is 0.284. The van der Waals surface area contributed by atoms with Gasteiger partial charge in [0.15, 0.2) is 0 Å². The van der Waals surface area contributed by atoms with E-state index in [0.29, 0.717) is 11.3 Å². The summed E-state index contributed by atoms with van der Waals surface area (Å²) in [6.45, 7) is 2.75. The van der Waals surface area contributed by atoms with Gasteiger partial charge in [-0.2, -0.15) is 0 Å². The van der Waals surface area contributed by atoms with Crippen molar-refractivity contribution in [2.24, 2.45) is 0 Å². The van der Waals surface area contributed by atoms with E-state index in [1.54, 1.807) is 38.1 Å². The molecule has 1 N–H and O–H groups in total. The number of nitrogens with one attached hydrogen (secondary N) is 1. The van der Waals surface area contributed by atoms with E-state index in [9.17, 15) is 28.1 Å². The molecule has 35 heavy (non-hydrogen) atoms. The summed E-state index contributed by atoms with van der Waals surface area (Å²) < 4.78 is 32.5. The molecule has 0 bridgehead atoms.